The molecule has 20 heavy (non-hydrogen) atoms. The van der Waals surface area contributed by atoms with Crippen LogP contribution in [0.25, 0.3) is 11.0 Å². The summed E-state index contributed by atoms with van der Waals surface area (Å²) in [7, 11) is 2.98. The maximum Gasteiger partial charge on any atom is 0.322 e. The van der Waals surface area contributed by atoms with Crippen molar-refractivity contribution >= 4 is 16.9 Å². The Labute approximate surface area is 117 Å². The lowest BCUT2D eigenvalue weighted by molar-refractivity contribution is -0.142. The number of carbonyl (C=O) groups excluding carboxylic acids is 1. The monoisotopic (exact) mass is 277 g/mol. The fourth-order valence-corrected chi connectivity index (χ4v) is 2.13. The first-order valence-corrected chi connectivity index (χ1v) is 6.47. The van der Waals surface area contributed by atoms with Crippen LogP contribution in [0.15, 0.2) is 28.7 Å². The minimum Gasteiger partial charge on any atom is -0.493 e. The molecule has 1 aromatic heterocycles. The van der Waals surface area contributed by atoms with Gasteiger partial charge in [-0.25, -0.2) is 0 Å². The van der Waals surface area contributed by atoms with E-state index in [2.05, 4.69) is 5.32 Å². The fraction of sp³-hybridized carbons (Fsp3) is 0.400. The highest BCUT2D eigenvalue weighted by molar-refractivity contribution is 5.83. The van der Waals surface area contributed by atoms with Gasteiger partial charge in [-0.2, -0.15) is 0 Å². The van der Waals surface area contributed by atoms with E-state index in [1.165, 1.54) is 7.11 Å². The summed E-state index contributed by atoms with van der Waals surface area (Å²) in [6, 6.07) is 7.16. The van der Waals surface area contributed by atoms with E-state index in [4.69, 9.17) is 13.9 Å². The van der Waals surface area contributed by atoms with Gasteiger partial charge in [0.15, 0.2) is 11.3 Å². The van der Waals surface area contributed by atoms with Gasteiger partial charge in [0, 0.05) is 5.39 Å². The van der Waals surface area contributed by atoms with Crippen LogP contribution in [-0.4, -0.2) is 26.2 Å². The third-order valence-corrected chi connectivity index (χ3v) is 3.23. The van der Waals surface area contributed by atoms with Gasteiger partial charge in [0.2, 0.25) is 0 Å². The highest BCUT2D eigenvalue weighted by Gasteiger charge is 2.19. The van der Waals surface area contributed by atoms with Crippen molar-refractivity contribution < 1.29 is 18.7 Å². The van der Waals surface area contributed by atoms with Gasteiger partial charge in [0.1, 0.15) is 11.8 Å². The molecule has 2 aromatic rings. The minimum atomic E-state index is -0.398. The van der Waals surface area contributed by atoms with Crippen molar-refractivity contribution in [2.24, 2.45) is 0 Å². The lowest BCUT2D eigenvalue weighted by Gasteiger charge is -2.16. The van der Waals surface area contributed by atoms with Gasteiger partial charge in [-0.15, -0.1) is 0 Å². The predicted molar refractivity (Wildman–Crippen MR) is 75.8 cm³/mol. The molecule has 0 spiro atoms. The van der Waals surface area contributed by atoms with Crippen LogP contribution in [0, 0.1) is 0 Å². The SMILES string of the molecule is COC(=O)[C@H](C)NC(C)c1cc2cccc(OC)c2o1. The van der Waals surface area contributed by atoms with E-state index in [-0.39, 0.29) is 12.0 Å². The van der Waals surface area contributed by atoms with Crippen molar-refractivity contribution in [1.82, 2.24) is 5.32 Å². The molecule has 2 rings (SSSR count). The molecule has 5 nitrogen and oxygen atoms in total. The van der Waals surface area contributed by atoms with Gasteiger partial charge in [-0.3, -0.25) is 10.1 Å². The Morgan fingerprint density at radius 1 is 1.30 bits per heavy atom. The standard InChI is InChI=1S/C15H19NO4/c1-9(16-10(2)15(17)19-4)13-8-11-6-5-7-12(18-3)14(11)20-13/h5-10,16H,1-4H3/t9?,10-/m0/s1. The minimum absolute atomic E-state index is 0.110. The van der Waals surface area contributed by atoms with E-state index in [0.717, 1.165) is 11.1 Å². The molecule has 0 radical (unpaired) electrons. The molecule has 0 aliphatic rings. The summed E-state index contributed by atoms with van der Waals surface area (Å²) in [5, 5.41) is 4.11. The van der Waals surface area contributed by atoms with E-state index in [9.17, 15) is 4.79 Å². The maximum absolute atomic E-state index is 11.4. The van der Waals surface area contributed by atoms with Crippen molar-refractivity contribution in [2.75, 3.05) is 14.2 Å². The van der Waals surface area contributed by atoms with Crippen molar-refractivity contribution in [2.45, 2.75) is 25.9 Å². The Morgan fingerprint density at radius 2 is 2.05 bits per heavy atom. The zero-order valence-electron chi connectivity index (χ0n) is 12.1. The molecule has 2 atom stereocenters. The number of hydrogen-bond donors (Lipinski definition) is 1. The van der Waals surface area contributed by atoms with E-state index in [1.807, 2.05) is 31.2 Å². The quantitative estimate of drug-likeness (QED) is 0.851. The number of rotatable bonds is 5. The molecule has 0 amide bonds. The molecular formula is C15H19NO4. The summed E-state index contributed by atoms with van der Waals surface area (Å²) in [5.74, 6) is 1.15. The molecule has 1 aromatic carbocycles. The molecule has 0 fully saturated rings. The van der Waals surface area contributed by atoms with Crippen LogP contribution in [0.5, 0.6) is 5.75 Å². The summed E-state index contributed by atoms with van der Waals surface area (Å²) < 4.78 is 15.8. The summed E-state index contributed by atoms with van der Waals surface area (Å²) >= 11 is 0. The number of hydrogen-bond acceptors (Lipinski definition) is 5. The van der Waals surface area contributed by atoms with Crippen molar-refractivity contribution in [3.8, 4) is 5.75 Å². The number of benzene rings is 1. The number of ether oxygens (including phenoxy) is 2. The lowest BCUT2D eigenvalue weighted by Crippen LogP contribution is -2.36. The van der Waals surface area contributed by atoms with Crippen molar-refractivity contribution in [3.63, 3.8) is 0 Å². The largest absolute Gasteiger partial charge is 0.493 e. The Hall–Kier alpha value is -2.01. The van der Waals surface area contributed by atoms with Gasteiger partial charge in [-0.05, 0) is 26.0 Å². The third-order valence-electron chi connectivity index (χ3n) is 3.23. The molecule has 1 unspecified atom stereocenters. The van der Waals surface area contributed by atoms with E-state index >= 15 is 0 Å². The fourth-order valence-electron chi connectivity index (χ4n) is 2.13. The van der Waals surface area contributed by atoms with Crippen LogP contribution in [0.4, 0.5) is 0 Å². The zero-order chi connectivity index (χ0) is 14.7. The van der Waals surface area contributed by atoms with Crippen LogP contribution in [0.2, 0.25) is 0 Å². The van der Waals surface area contributed by atoms with Gasteiger partial charge in [0.05, 0.1) is 20.3 Å². The molecule has 5 heteroatoms. The first-order valence-electron chi connectivity index (χ1n) is 6.47. The number of para-hydroxylation sites is 1. The van der Waals surface area contributed by atoms with Gasteiger partial charge >= 0.3 is 5.97 Å². The highest BCUT2D eigenvalue weighted by Crippen LogP contribution is 2.30. The van der Waals surface area contributed by atoms with Crippen LogP contribution in [0.3, 0.4) is 0 Å². The van der Waals surface area contributed by atoms with Gasteiger partial charge in [0.25, 0.3) is 0 Å². The van der Waals surface area contributed by atoms with Crippen LogP contribution in [0.1, 0.15) is 25.6 Å². The second-order valence-electron chi connectivity index (χ2n) is 4.66. The summed E-state index contributed by atoms with van der Waals surface area (Å²) in [5.41, 5.74) is 0.712. The molecule has 1 N–H and O–H groups in total. The van der Waals surface area contributed by atoms with Crippen LogP contribution >= 0.6 is 0 Å². The van der Waals surface area contributed by atoms with Crippen molar-refractivity contribution in [1.29, 1.82) is 0 Å². The average Bonchev–Trinajstić information content (AvgIpc) is 2.90. The summed E-state index contributed by atoms with van der Waals surface area (Å²) in [6.07, 6.45) is 0. The predicted octanol–water partition coefficient (Wildman–Crippen LogP) is 2.65. The topological polar surface area (TPSA) is 60.7 Å². The number of nitrogens with one attached hydrogen (secondary N) is 1. The molecule has 0 aliphatic heterocycles. The third kappa shape index (κ3) is 2.77. The molecule has 0 bridgehead atoms. The average molecular weight is 277 g/mol. The molecule has 0 saturated heterocycles. The number of methoxy groups -OCH3 is 2. The first kappa shape index (κ1) is 14.4. The highest BCUT2D eigenvalue weighted by atomic mass is 16.5. The smallest absolute Gasteiger partial charge is 0.322 e. The molecule has 1 heterocycles. The van der Waals surface area contributed by atoms with Gasteiger partial charge in [-0.1, -0.05) is 12.1 Å². The second-order valence-corrected chi connectivity index (χ2v) is 4.66. The summed E-state index contributed by atoms with van der Waals surface area (Å²) in [6.45, 7) is 3.69. The van der Waals surface area contributed by atoms with Gasteiger partial charge < -0.3 is 13.9 Å². The van der Waals surface area contributed by atoms with Crippen LogP contribution < -0.4 is 10.1 Å². The zero-order valence-corrected chi connectivity index (χ0v) is 12.1. The number of carbonyl (C=O) groups is 1. The Kier molecular flexibility index (Phi) is 4.29. The maximum atomic E-state index is 11.4. The lowest BCUT2D eigenvalue weighted by atomic mass is 10.2. The van der Waals surface area contributed by atoms with E-state index in [1.54, 1.807) is 14.0 Å². The summed E-state index contributed by atoms with van der Waals surface area (Å²) in [4.78, 5) is 11.4. The molecule has 0 saturated carbocycles. The van der Waals surface area contributed by atoms with E-state index in [0.29, 0.717) is 11.3 Å². The normalized spacial score (nSPS) is 14.0. The molecule has 0 aliphatic carbocycles. The molecule has 108 valence electrons. The second kappa shape index (κ2) is 5.96. The van der Waals surface area contributed by atoms with E-state index < -0.39 is 6.04 Å². The van der Waals surface area contributed by atoms with Crippen LogP contribution in [-0.2, 0) is 9.53 Å². The Bertz CT molecular complexity index is 605. The first-order chi connectivity index (χ1) is 9.56. The molecular weight excluding hydrogens is 258 g/mol. The number of esters is 1. The Balaban J connectivity index is 2.22. The number of fused-ring (bicyclic) bond motifs is 1. The van der Waals surface area contributed by atoms with Crippen molar-refractivity contribution in [3.05, 3.63) is 30.0 Å². The number of furan rings is 1. The Morgan fingerprint density at radius 3 is 2.70 bits per heavy atom.